The number of amides is 2. The van der Waals surface area contributed by atoms with Crippen LogP contribution in [0.4, 0.5) is 11.4 Å². The van der Waals surface area contributed by atoms with E-state index in [1.165, 1.54) is 0 Å². The Morgan fingerprint density at radius 2 is 0.926 bits per heavy atom. The Bertz CT molecular complexity index is 876. The Kier molecular flexibility index (Phi) is 4.71. The van der Waals surface area contributed by atoms with E-state index in [-0.39, 0.29) is 18.2 Å². The molecule has 1 aliphatic rings. The van der Waals surface area contributed by atoms with Crippen LogP contribution < -0.4 is 9.80 Å². The van der Waals surface area contributed by atoms with Gasteiger partial charge >= 0.3 is 0 Å². The molecule has 1 heterocycles. The molecule has 0 unspecified atom stereocenters. The first kappa shape index (κ1) is 17.0. The molecule has 2 amide bonds. The van der Waals surface area contributed by atoms with Gasteiger partial charge in [0.05, 0.1) is 24.5 Å². The third-order valence-electron chi connectivity index (χ3n) is 4.73. The van der Waals surface area contributed by atoms with Crippen LogP contribution in [0.2, 0.25) is 0 Å². The van der Waals surface area contributed by atoms with Crippen LogP contribution in [0.1, 0.15) is 17.5 Å². The summed E-state index contributed by atoms with van der Waals surface area (Å²) in [6.45, 7) is 0.895. The molecule has 0 saturated carbocycles. The first-order chi connectivity index (χ1) is 13.2. The molecule has 27 heavy (non-hydrogen) atoms. The summed E-state index contributed by atoms with van der Waals surface area (Å²) in [4.78, 5) is 29.2. The second kappa shape index (κ2) is 7.46. The number of carbonyl (C=O) groups is 2. The minimum absolute atomic E-state index is 0.131. The van der Waals surface area contributed by atoms with Crippen LogP contribution in [0.25, 0.3) is 0 Å². The molecule has 3 aromatic carbocycles. The highest BCUT2D eigenvalue weighted by Gasteiger charge is 2.31. The zero-order valence-electron chi connectivity index (χ0n) is 14.9. The summed E-state index contributed by atoms with van der Waals surface area (Å²) in [5, 5.41) is 0. The molecule has 0 aromatic heterocycles. The summed E-state index contributed by atoms with van der Waals surface area (Å²) in [5.74, 6) is -0.348. The Morgan fingerprint density at radius 1 is 0.556 bits per heavy atom. The number of benzene rings is 3. The molecule has 4 nitrogen and oxygen atoms in total. The standard InChI is InChI=1S/C23H20N2O2/c26-22-15-23(27)25(17-19-11-5-2-6-12-19)21-14-8-7-13-20(21)24(22)16-18-9-3-1-4-10-18/h1-14H,15-17H2. The summed E-state index contributed by atoms with van der Waals surface area (Å²) in [5.41, 5.74) is 3.61. The minimum Gasteiger partial charge on any atom is -0.305 e. The van der Waals surface area contributed by atoms with Gasteiger partial charge in [-0.05, 0) is 23.3 Å². The van der Waals surface area contributed by atoms with E-state index < -0.39 is 0 Å². The molecule has 3 aromatic rings. The van der Waals surface area contributed by atoms with Crippen LogP contribution >= 0.6 is 0 Å². The van der Waals surface area contributed by atoms with Crippen LogP contribution in [-0.4, -0.2) is 11.8 Å². The number of hydrogen-bond donors (Lipinski definition) is 0. The summed E-state index contributed by atoms with van der Waals surface area (Å²) < 4.78 is 0. The van der Waals surface area contributed by atoms with Crippen molar-refractivity contribution in [3.63, 3.8) is 0 Å². The Morgan fingerprint density at radius 3 is 1.33 bits per heavy atom. The molecule has 4 rings (SSSR count). The maximum Gasteiger partial charge on any atom is 0.236 e. The zero-order valence-corrected chi connectivity index (χ0v) is 14.9. The van der Waals surface area contributed by atoms with Crippen LogP contribution in [-0.2, 0) is 22.7 Å². The van der Waals surface area contributed by atoms with E-state index in [4.69, 9.17) is 0 Å². The largest absolute Gasteiger partial charge is 0.305 e. The molecule has 134 valence electrons. The second-order valence-corrected chi connectivity index (χ2v) is 6.60. The first-order valence-corrected chi connectivity index (χ1v) is 9.00. The number of carbonyl (C=O) groups excluding carboxylic acids is 2. The summed E-state index contributed by atoms with van der Waals surface area (Å²) >= 11 is 0. The Balaban J connectivity index is 1.73. The van der Waals surface area contributed by atoms with Crippen LogP contribution in [0, 0.1) is 0 Å². The number of hydrogen-bond acceptors (Lipinski definition) is 2. The average molecular weight is 356 g/mol. The molecule has 0 spiro atoms. The maximum atomic E-state index is 12.9. The quantitative estimate of drug-likeness (QED) is 0.659. The highest BCUT2D eigenvalue weighted by molar-refractivity contribution is 6.15. The molecule has 0 fully saturated rings. The van der Waals surface area contributed by atoms with E-state index in [2.05, 4.69) is 0 Å². The van der Waals surface area contributed by atoms with Crippen molar-refractivity contribution < 1.29 is 9.59 Å². The first-order valence-electron chi connectivity index (χ1n) is 9.00. The van der Waals surface area contributed by atoms with E-state index in [0.29, 0.717) is 13.1 Å². The third kappa shape index (κ3) is 3.60. The van der Waals surface area contributed by atoms with Gasteiger partial charge in [0.25, 0.3) is 0 Å². The van der Waals surface area contributed by atoms with Crippen molar-refractivity contribution in [1.82, 2.24) is 0 Å². The van der Waals surface area contributed by atoms with Crippen LogP contribution in [0.5, 0.6) is 0 Å². The number of fused-ring (bicyclic) bond motifs is 1. The van der Waals surface area contributed by atoms with Gasteiger partial charge in [0.15, 0.2) is 0 Å². The lowest BCUT2D eigenvalue weighted by molar-refractivity contribution is -0.126. The van der Waals surface area contributed by atoms with Crippen molar-refractivity contribution in [1.29, 1.82) is 0 Å². The summed E-state index contributed by atoms with van der Waals surface area (Å²) in [6.07, 6.45) is -0.131. The fourth-order valence-corrected chi connectivity index (χ4v) is 3.39. The molecule has 0 aliphatic carbocycles. The molecular weight excluding hydrogens is 336 g/mol. The molecule has 0 atom stereocenters. The highest BCUT2D eigenvalue weighted by Crippen LogP contribution is 2.35. The monoisotopic (exact) mass is 356 g/mol. The van der Waals surface area contributed by atoms with Gasteiger partial charge in [-0.1, -0.05) is 72.8 Å². The molecule has 0 radical (unpaired) electrons. The fourth-order valence-electron chi connectivity index (χ4n) is 3.39. The van der Waals surface area contributed by atoms with Crippen LogP contribution in [0.3, 0.4) is 0 Å². The lowest BCUT2D eigenvalue weighted by atomic mass is 10.1. The predicted molar refractivity (Wildman–Crippen MR) is 106 cm³/mol. The van der Waals surface area contributed by atoms with Crippen molar-refractivity contribution in [2.24, 2.45) is 0 Å². The number of para-hydroxylation sites is 2. The van der Waals surface area contributed by atoms with Crippen molar-refractivity contribution >= 4 is 23.2 Å². The van der Waals surface area contributed by atoms with Gasteiger partial charge in [-0.3, -0.25) is 9.59 Å². The van der Waals surface area contributed by atoms with Gasteiger partial charge in [-0.15, -0.1) is 0 Å². The Labute approximate surface area is 158 Å². The van der Waals surface area contributed by atoms with Gasteiger partial charge in [-0.25, -0.2) is 0 Å². The average Bonchev–Trinajstić information content (AvgIpc) is 2.80. The highest BCUT2D eigenvalue weighted by atomic mass is 16.2. The second-order valence-electron chi connectivity index (χ2n) is 6.60. The van der Waals surface area contributed by atoms with Gasteiger partial charge in [0, 0.05) is 0 Å². The summed E-state index contributed by atoms with van der Waals surface area (Å²) in [6, 6.07) is 27.3. The molecular formula is C23H20N2O2. The van der Waals surface area contributed by atoms with Gasteiger partial charge < -0.3 is 9.80 Å². The Hall–Kier alpha value is -3.40. The molecule has 1 aliphatic heterocycles. The maximum absolute atomic E-state index is 12.9. The van der Waals surface area contributed by atoms with Crippen LogP contribution in [0.15, 0.2) is 84.9 Å². The lowest BCUT2D eigenvalue weighted by Crippen LogP contribution is -2.32. The van der Waals surface area contributed by atoms with Crippen molar-refractivity contribution in [2.75, 3.05) is 9.80 Å². The normalized spacial score (nSPS) is 14.1. The fraction of sp³-hybridized carbons (Fsp3) is 0.130. The zero-order chi connectivity index (χ0) is 18.6. The van der Waals surface area contributed by atoms with Crippen molar-refractivity contribution in [3.8, 4) is 0 Å². The van der Waals surface area contributed by atoms with Crippen molar-refractivity contribution in [3.05, 3.63) is 96.1 Å². The molecule has 0 saturated heterocycles. The minimum atomic E-state index is -0.174. The van der Waals surface area contributed by atoms with E-state index in [1.54, 1.807) is 9.80 Å². The van der Waals surface area contributed by atoms with Gasteiger partial charge in [-0.2, -0.15) is 0 Å². The lowest BCUT2D eigenvalue weighted by Gasteiger charge is -2.25. The van der Waals surface area contributed by atoms with E-state index in [9.17, 15) is 9.59 Å². The molecule has 4 heteroatoms. The molecule has 0 bridgehead atoms. The number of rotatable bonds is 4. The topological polar surface area (TPSA) is 40.6 Å². The van der Waals surface area contributed by atoms with Crippen molar-refractivity contribution in [2.45, 2.75) is 19.5 Å². The summed E-state index contributed by atoms with van der Waals surface area (Å²) in [7, 11) is 0. The predicted octanol–water partition coefficient (Wildman–Crippen LogP) is 4.16. The van der Waals surface area contributed by atoms with E-state index in [1.807, 2.05) is 84.9 Å². The number of nitrogens with zero attached hydrogens (tertiary/aromatic N) is 2. The smallest absolute Gasteiger partial charge is 0.236 e. The van der Waals surface area contributed by atoms with Gasteiger partial charge in [0.2, 0.25) is 11.8 Å². The third-order valence-corrected chi connectivity index (χ3v) is 4.73. The molecule has 0 N–H and O–H groups in total. The van der Waals surface area contributed by atoms with Gasteiger partial charge in [0.1, 0.15) is 6.42 Å². The number of anilines is 2. The van der Waals surface area contributed by atoms with E-state index >= 15 is 0 Å². The van der Waals surface area contributed by atoms with E-state index in [0.717, 1.165) is 22.5 Å². The SMILES string of the molecule is O=C1CC(=O)N(Cc2ccccc2)c2ccccc2N1Cc1ccccc1.